The molecule has 0 fully saturated rings. The molecular formula is C15H11ClO2. The van der Waals surface area contributed by atoms with Crippen molar-refractivity contribution in [1.82, 2.24) is 0 Å². The molecule has 2 aromatic carbocycles. The highest BCUT2D eigenvalue weighted by atomic mass is 35.5. The lowest BCUT2D eigenvalue weighted by molar-refractivity contribution is -0.00000487. The summed E-state index contributed by atoms with van der Waals surface area (Å²) in [4.78, 5) is 0. The SMILES string of the molecule is Oc1ccc2ccc(-c3ccccc3)[o+]c2c1.[Cl-]. The minimum Gasteiger partial charge on any atom is -1.00 e. The van der Waals surface area contributed by atoms with Gasteiger partial charge in [-0.05, 0) is 30.3 Å². The molecule has 1 aromatic heterocycles. The Labute approximate surface area is 111 Å². The summed E-state index contributed by atoms with van der Waals surface area (Å²) < 4.78 is 5.77. The summed E-state index contributed by atoms with van der Waals surface area (Å²) in [7, 11) is 0. The first-order valence-electron chi connectivity index (χ1n) is 5.44. The molecular weight excluding hydrogens is 248 g/mol. The summed E-state index contributed by atoms with van der Waals surface area (Å²) in [6.45, 7) is 0. The number of phenols is 1. The summed E-state index contributed by atoms with van der Waals surface area (Å²) in [5.41, 5.74) is 1.71. The van der Waals surface area contributed by atoms with Gasteiger partial charge in [-0.15, -0.1) is 0 Å². The zero-order chi connectivity index (χ0) is 11.7. The van der Waals surface area contributed by atoms with E-state index in [4.69, 9.17) is 4.42 Å². The summed E-state index contributed by atoms with van der Waals surface area (Å²) in [6, 6.07) is 18.9. The average molecular weight is 259 g/mol. The minimum absolute atomic E-state index is 0. The number of hydrogen-bond acceptors (Lipinski definition) is 1. The molecule has 0 spiro atoms. The quantitative estimate of drug-likeness (QED) is 0.663. The summed E-state index contributed by atoms with van der Waals surface area (Å²) >= 11 is 0. The van der Waals surface area contributed by atoms with Crippen LogP contribution in [0.2, 0.25) is 0 Å². The van der Waals surface area contributed by atoms with Gasteiger partial charge < -0.3 is 17.5 Å². The summed E-state index contributed by atoms with van der Waals surface area (Å²) in [5.74, 6) is 1.01. The van der Waals surface area contributed by atoms with Crippen molar-refractivity contribution in [1.29, 1.82) is 0 Å². The monoisotopic (exact) mass is 258 g/mol. The zero-order valence-electron chi connectivity index (χ0n) is 9.51. The molecule has 0 amide bonds. The first kappa shape index (κ1) is 12.4. The lowest BCUT2D eigenvalue weighted by Crippen LogP contribution is -3.00. The molecule has 18 heavy (non-hydrogen) atoms. The van der Waals surface area contributed by atoms with Gasteiger partial charge in [-0.3, -0.25) is 0 Å². The van der Waals surface area contributed by atoms with Crippen molar-refractivity contribution in [3.8, 4) is 17.1 Å². The highest BCUT2D eigenvalue weighted by Gasteiger charge is 2.14. The van der Waals surface area contributed by atoms with Gasteiger partial charge >= 0.3 is 11.3 Å². The van der Waals surface area contributed by atoms with Crippen LogP contribution in [0.25, 0.3) is 22.3 Å². The van der Waals surface area contributed by atoms with Gasteiger partial charge in [0.2, 0.25) is 0 Å². The molecule has 0 saturated carbocycles. The molecule has 1 N–H and O–H groups in total. The van der Waals surface area contributed by atoms with E-state index in [-0.39, 0.29) is 18.2 Å². The van der Waals surface area contributed by atoms with Crippen molar-refractivity contribution in [2.75, 3.05) is 0 Å². The van der Waals surface area contributed by atoms with Gasteiger partial charge in [0.1, 0.15) is 5.75 Å². The van der Waals surface area contributed by atoms with Crippen molar-refractivity contribution in [2.45, 2.75) is 0 Å². The van der Waals surface area contributed by atoms with Gasteiger partial charge in [0.05, 0.1) is 17.0 Å². The number of hydrogen-bond donors (Lipinski definition) is 1. The van der Waals surface area contributed by atoms with Gasteiger partial charge in [-0.1, -0.05) is 18.2 Å². The molecule has 0 unspecified atom stereocenters. The molecule has 0 aliphatic rings. The second kappa shape index (κ2) is 5.07. The van der Waals surface area contributed by atoms with E-state index in [1.807, 2.05) is 48.5 Å². The van der Waals surface area contributed by atoms with E-state index in [9.17, 15) is 5.11 Å². The fourth-order valence-corrected chi connectivity index (χ4v) is 1.82. The highest BCUT2D eigenvalue weighted by Crippen LogP contribution is 2.26. The second-order valence-corrected chi connectivity index (χ2v) is 3.89. The number of benzene rings is 2. The van der Waals surface area contributed by atoms with Crippen LogP contribution in [0, 0.1) is 0 Å². The van der Waals surface area contributed by atoms with E-state index in [2.05, 4.69) is 0 Å². The lowest BCUT2D eigenvalue weighted by atomic mass is 10.1. The third-order valence-corrected chi connectivity index (χ3v) is 2.69. The van der Waals surface area contributed by atoms with E-state index in [1.54, 1.807) is 12.1 Å². The van der Waals surface area contributed by atoms with Gasteiger partial charge in [-0.2, -0.15) is 0 Å². The second-order valence-electron chi connectivity index (χ2n) is 3.89. The topological polar surface area (TPSA) is 31.5 Å². The van der Waals surface area contributed by atoms with Crippen LogP contribution < -0.4 is 12.4 Å². The third-order valence-electron chi connectivity index (χ3n) is 2.69. The maximum absolute atomic E-state index is 9.43. The Morgan fingerprint density at radius 3 is 2.33 bits per heavy atom. The molecule has 0 aliphatic heterocycles. The number of phenolic OH excluding ortho intramolecular Hbond substituents is 1. The van der Waals surface area contributed by atoms with Crippen molar-refractivity contribution >= 4 is 11.0 Å². The Hall–Kier alpha value is -2.06. The van der Waals surface area contributed by atoms with Gasteiger partial charge in [-0.25, -0.2) is 4.42 Å². The van der Waals surface area contributed by atoms with Crippen LogP contribution in [0.5, 0.6) is 5.75 Å². The van der Waals surface area contributed by atoms with Crippen LogP contribution in [-0.4, -0.2) is 5.11 Å². The first-order chi connectivity index (χ1) is 8.33. The maximum Gasteiger partial charge on any atom is 0.364 e. The molecule has 0 atom stereocenters. The molecule has 0 radical (unpaired) electrons. The Bertz CT molecular complexity index is 666. The van der Waals surface area contributed by atoms with Crippen molar-refractivity contribution < 1.29 is 21.9 Å². The van der Waals surface area contributed by atoms with E-state index in [0.717, 1.165) is 16.7 Å². The average Bonchev–Trinajstić information content (AvgIpc) is 2.39. The van der Waals surface area contributed by atoms with E-state index in [1.165, 1.54) is 0 Å². The molecule has 1 heterocycles. The molecule has 3 rings (SSSR count). The van der Waals surface area contributed by atoms with Gasteiger partial charge in [0.15, 0.2) is 0 Å². The van der Waals surface area contributed by atoms with E-state index in [0.29, 0.717) is 5.58 Å². The molecule has 0 bridgehead atoms. The highest BCUT2D eigenvalue weighted by molar-refractivity contribution is 5.80. The Balaban J connectivity index is 0.00000120. The number of halogens is 1. The maximum atomic E-state index is 9.43. The van der Waals surface area contributed by atoms with Crippen molar-refractivity contribution in [3.63, 3.8) is 0 Å². The fraction of sp³-hybridized carbons (Fsp3) is 0. The summed E-state index contributed by atoms with van der Waals surface area (Å²) in [5, 5.41) is 10.4. The van der Waals surface area contributed by atoms with Gasteiger partial charge in [0.25, 0.3) is 0 Å². The van der Waals surface area contributed by atoms with Crippen LogP contribution in [0.1, 0.15) is 0 Å². The van der Waals surface area contributed by atoms with E-state index >= 15 is 0 Å². The number of aromatic hydroxyl groups is 1. The first-order valence-corrected chi connectivity index (χ1v) is 5.44. The van der Waals surface area contributed by atoms with Crippen LogP contribution in [0.15, 0.2) is 65.1 Å². The Morgan fingerprint density at radius 1 is 0.833 bits per heavy atom. The molecule has 0 saturated heterocycles. The predicted molar refractivity (Wildman–Crippen MR) is 67.7 cm³/mol. The molecule has 90 valence electrons. The fourth-order valence-electron chi connectivity index (χ4n) is 1.82. The molecule has 2 nitrogen and oxygen atoms in total. The summed E-state index contributed by atoms with van der Waals surface area (Å²) in [6.07, 6.45) is 0. The number of rotatable bonds is 1. The van der Waals surface area contributed by atoms with Crippen LogP contribution in [0.4, 0.5) is 0 Å². The van der Waals surface area contributed by atoms with Gasteiger partial charge in [0, 0.05) is 6.07 Å². The van der Waals surface area contributed by atoms with Crippen molar-refractivity contribution in [2.24, 2.45) is 0 Å². The van der Waals surface area contributed by atoms with Crippen LogP contribution >= 0.6 is 0 Å². The molecule has 3 aromatic rings. The minimum atomic E-state index is 0. The number of fused-ring (bicyclic) bond motifs is 1. The normalized spacial score (nSPS) is 10.0. The largest absolute Gasteiger partial charge is 1.00 e. The van der Waals surface area contributed by atoms with Crippen molar-refractivity contribution in [3.05, 3.63) is 60.7 Å². The zero-order valence-corrected chi connectivity index (χ0v) is 10.3. The van der Waals surface area contributed by atoms with Crippen LogP contribution in [-0.2, 0) is 0 Å². The third kappa shape index (κ3) is 2.29. The van der Waals surface area contributed by atoms with Crippen LogP contribution in [0.3, 0.4) is 0 Å². The standard InChI is InChI=1S/C15H10O2.ClH/c16-13-8-6-12-7-9-14(17-15(12)10-13)11-4-2-1-3-5-11;/h1-10H;1H. The molecule has 0 aliphatic carbocycles. The van der Waals surface area contributed by atoms with E-state index < -0.39 is 0 Å². The lowest BCUT2D eigenvalue weighted by Gasteiger charge is -1.93. The smallest absolute Gasteiger partial charge is 0.364 e. The predicted octanol–water partition coefficient (Wildman–Crippen LogP) is 1.09. The Morgan fingerprint density at radius 2 is 1.56 bits per heavy atom. The Kier molecular flexibility index (Phi) is 3.49. The molecule has 3 heteroatoms.